The quantitative estimate of drug-likeness (QED) is 0.771. The SMILES string of the molecule is CCCOc1ccc(/C=C/[C@@]23NC(=O)CN2c2ccc(C)cc2C3(C)C)cc1OC. The first-order valence-corrected chi connectivity index (χ1v) is 10.5. The van der Waals surface area contributed by atoms with Crippen LogP contribution in [0, 0.1) is 6.92 Å². The number of anilines is 1. The van der Waals surface area contributed by atoms with Crippen LogP contribution in [-0.2, 0) is 10.2 Å². The first-order chi connectivity index (χ1) is 14.3. The molecule has 1 saturated heterocycles. The lowest BCUT2D eigenvalue weighted by Crippen LogP contribution is -2.58. The fourth-order valence-corrected chi connectivity index (χ4v) is 4.62. The van der Waals surface area contributed by atoms with Gasteiger partial charge in [-0.3, -0.25) is 4.79 Å². The van der Waals surface area contributed by atoms with Crippen molar-refractivity contribution in [2.75, 3.05) is 25.2 Å². The summed E-state index contributed by atoms with van der Waals surface area (Å²) in [7, 11) is 1.65. The van der Waals surface area contributed by atoms with Gasteiger partial charge in [0.1, 0.15) is 5.66 Å². The molecule has 1 N–H and O–H groups in total. The second-order valence-electron chi connectivity index (χ2n) is 8.64. The summed E-state index contributed by atoms with van der Waals surface area (Å²) in [6.45, 7) is 9.59. The van der Waals surface area contributed by atoms with Gasteiger partial charge in [0, 0.05) is 11.1 Å². The third-order valence-electron chi connectivity index (χ3n) is 6.29. The molecule has 0 spiro atoms. The van der Waals surface area contributed by atoms with Crippen LogP contribution in [0.1, 0.15) is 43.9 Å². The van der Waals surface area contributed by atoms with Gasteiger partial charge in [-0.05, 0) is 48.7 Å². The third kappa shape index (κ3) is 3.04. The van der Waals surface area contributed by atoms with Crippen molar-refractivity contribution in [2.24, 2.45) is 0 Å². The topological polar surface area (TPSA) is 50.8 Å². The van der Waals surface area contributed by atoms with Crippen LogP contribution >= 0.6 is 0 Å². The second kappa shape index (κ2) is 7.38. The number of fused-ring (bicyclic) bond motifs is 3. The molecule has 1 amide bonds. The van der Waals surface area contributed by atoms with Crippen LogP contribution in [0.3, 0.4) is 0 Å². The van der Waals surface area contributed by atoms with Gasteiger partial charge in [0.05, 0.1) is 20.3 Å². The summed E-state index contributed by atoms with van der Waals surface area (Å²) in [5, 5.41) is 3.27. The molecule has 158 valence electrons. The van der Waals surface area contributed by atoms with Crippen LogP contribution in [0.25, 0.3) is 6.08 Å². The van der Waals surface area contributed by atoms with E-state index in [1.165, 1.54) is 11.1 Å². The number of hydrogen-bond donors (Lipinski definition) is 1. The van der Waals surface area contributed by atoms with E-state index in [1.54, 1.807) is 7.11 Å². The Morgan fingerprint density at radius 2 is 1.97 bits per heavy atom. The molecule has 0 saturated carbocycles. The Morgan fingerprint density at radius 1 is 1.17 bits per heavy atom. The Balaban J connectivity index is 1.72. The predicted octanol–water partition coefficient (Wildman–Crippen LogP) is 4.43. The molecule has 2 aliphatic rings. The maximum Gasteiger partial charge on any atom is 0.241 e. The second-order valence-corrected chi connectivity index (χ2v) is 8.64. The number of amides is 1. The molecule has 2 aromatic carbocycles. The fourth-order valence-electron chi connectivity index (χ4n) is 4.62. The monoisotopic (exact) mass is 406 g/mol. The van der Waals surface area contributed by atoms with Gasteiger partial charge in [-0.2, -0.15) is 0 Å². The summed E-state index contributed by atoms with van der Waals surface area (Å²) in [6, 6.07) is 12.4. The van der Waals surface area contributed by atoms with E-state index in [0.29, 0.717) is 18.9 Å². The molecular formula is C25H30N2O3. The summed E-state index contributed by atoms with van der Waals surface area (Å²) in [6.07, 6.45) is 5.12. The molecule has 2 aliphatic heterocycles. The standard InChI is InChI=1S/C25H30N2O3/c1-6-13-30-21-10-8-18(15-22(21)29-5)11-12-25-24(3,4)19-14-17(2)7-9-20(19)27(25)16-23(28)26-25/h7-12,14-15H,6,13,16H2,1-5H3,(H,26,28)/b12-11+/t25-/m1/s1. The minimum Gasteiger partial charge on any atom is -0.493 e. The predicted molar refractivity (Wildman–Crippen MR) is 120 cm³/mol. The smallest absolute Gasteiger partial charge is 0.241 e. The van der Waals surface area contributed by atoms with Crippen molar-refractivity contribution in [1.29, 1.82) is 0 Å². The van der Waals surface area contributed by atoms with E-state index < -0.39 is 5.66 Å². The molecule has 0 bridgehead atoms. The number of rotatable bonds is 6. The maximum absolute atomic E-state index is 12.5. The van der Waals surface area contributed by atoms with E-state index in [4.69, 9.17) is 9.47 Å². The van der Waals surface area contributed by atoms with Gasteiger partial charge in [0.25, 0.3) is 0 Å². The number of ether oxygens (including phenoxy) is 2. The molecule has 1 atom stereocenters. The van der Waals surface area contributed by atoms with E-state index in [0.717, 1.165) is 23.4 Å². The van der Waals surface area contributed by atoms with Gasteiger partial charge in [0.2, 0.25) is 5.91 Å². The maximum atomic E-state index is 12.5. The van der Waals surface area contributed by atoms with Crippen molar-refractivity contribution < 1.29 is 14.3 Å². The van der Waals surface area contributed by atoms with Crippen molar-refractivity contribution in [3.8, 4) is 11.5 Å². The summed E-state index contributed by atoms with van der Waals surface area (Å²) in [5.74, 6) is 1.49. The summed E-state index contributed by atoms with van der Waals surface area (Å²) >= 11 is 0. The largest absolute Gasteiger partial charge is 0.493 e. The highest BCUT2D eigenvalue weighted by Gasteiger charge is 2.59. The van der Waals surface area contributed by atoms with Gasteiger partial charge in [-0.15, -0.1) is 0 Å². The first-order valence-electron chi connectivity index (χ1n) is 10.5. The van der Waals surface area contributed by atoms with Gasteiger partial charge in [-0.1, -0.05) is 50.6 Å². The van der Waals surface area contributed by atoms with Crippen molar-refractivity contribution in [3.05, 3.63) is 59.2 Å². The molecule has 0 unspecified atom stereocenters. The molecule has 2 heterocycles. The minimum absolute atomic E-state index is 0.0415. The number of carbonyl (C=O) groups is 1. The van der Waals surface area contributed by atoms with E-state index in [2.05, 4.69) is 68.3 Å². The van der Waals surface area contributed by atoms with Crippen LogP contribution in [0.4, 0.5) is 5.69 Å². The van der Waals surface area contributed by atoms with Gasteiger partial charge in [-0.25, -0.2) is 0 Å². The lowest BCUT2D eigenvalue weighted by molar-refractivity contribution is -0.118. The van der Waals surface area contributed by atoms with E-state index in [-0.39, 0.29) is 11.3 Å². The Hall–Kier alpha value is -2.95. The highest BCUT2D eigenvalue weighted by atomic mass is 16.5. The molecule has 4 rings (SSSR count). The van der Waals surface area contributed by atoms with Crippen LogP contribution < -0.4 is 19.7 Å². The van der Waals surface area contributed by atoms with Crippen molar-refractivity contribution >= 4 is 17.7 Å². The lowest BCUT2D eigenvalue weighted by atomic mass is 9.75. The number of nitrogens with zero attached hydrogens (tertiary/aromatic N) is 1. The van der Waals surface area contributed by atoms with Crippen molar-refractivity contribution in [2.45, 2.75) is 45.2 Å². The number of hydrogen-bond acceptors (Lipinski definition) is 4. The fraction of sp³-hybridized carbons (Fsp3) is 0.400. The summed E-state index contributed by atoms with van der Waals surface area (Å²) in [4.78, 5) is 14.7. The Morgan fingerprint density at radius 3 is 2.70 bits per heavy atom. The molecule has 1 fully saturated rings. The Bertz CT molecular complexity index is 1010. The van der Waals surface area contributed by atoms with Gasteiger partial charge >= 0.3 is 0 Å². The van der Waals surface area contributed by atoms with Crippen LogP contribution in [-0.4, -0.2) is 31.8 Å². The average molecular weight is 407 g/mol. The van der Waals surface area contributed by atoms with Gasteiger partial charge < -0.3 is 19.7 Å². The average Bonchev–Trinajstić information content (AvgIpc) is 3.15. The summed E-state index contributed by atoms with van der Waals surface area (Å²) < 4.78 is 11.3. The molecule has 5 heteroatoms. The molecule has 0 radical (unpaired) electrons. The molecule has 0 aromatic heterocycles. The number of nitrogens with one attached hydrogen (secondary N) is 1. The molecule has 0 aliphatic carbocycles. The zero-order valence-electron chi connectivity index (χ0n) is 18.4. The molecular weight excluding hydrogens is 376 g/mol. The van der Waals surface area contributed by atoms with Gasteiger partial charge in [0.15, 0.2) is 11.5 Å². The molecule has 5 nitrogen and oxygen atoms in total. The highest BCUT2D eigenvalue weighted by molar-refractivity contribution is 5.91. The summed E-state index contributed by atoms with van der Waals surface area (Å²) in [5.41, 5.74) is 3.70. The Kier molecular flexibility index (Phi) is 5.00. The minimum atomic E-state index is -0.606. The number of benzene rings is 2. The van der Waals surface area contributed by atoms with E-state index in [1.807, 2.05) is 18.2 Å². The van der Waals surface area contributed by atoms with Crippen molar-refractivity contribution in [1.82, 2.24) is 5.32 Å². The van der Waals surface area contributed by atoms with E-state index in [9.17, 15) is 4.79 Å². The van der Waals surface area contributed by atoms with Crippen LogP contribution in [0.5, 0.6) is 11.5 Å². The number of carbonyl (C=O) groups excluding carboxylic acids is 1. The normalized spacial score (nSPS) is 21.5. The zero-order chi connectivity index (χ0) is 21.5. The third-order valence-corrected chi connectivity index (χ3v) is 6.29. The van der Waals surface area contributed by atoms with E-state index >= 15 is 0 Å². The van der Waals surface area contributed by atoms with Crippen LogP contribution in [0.2, 0.25) is 0 Å². The van der Waals surface area contributed by atoms with Crippen molar-refractivity contribution in [3.63, 3.8) is 0 Å². The molecule has 30 heavy (non-hydrogen) atoms. The number of methoxy groups -OCH3 is 1. The first kappa shape index (κ1) is 20.3. The van der Waals surface area contributed by atoms with Crippen LogP contribution in [0.15, 0.2) is 42.5 Å². The zero-order valence-corrected chi connectivity index (χ0v) is 18.4. The highest BCUT2D eigenvalue weighted by Crippen LogP contribution is 2.53. The molecule has 2 aromatic rings. The Labute approximate surface area is 178 Å². The number of aryl methyl sites for hydroxylation is 1. The lowest BCUT2D eigenvalue weighted by Gasteiger charge is -2.40.